The van der Waals surface area contributed by atoms with Gasteiger partial charge in [0.05, 0.1) is 0 Å². The Kier molecular flexibility index (Phi) is 12.4. The molecular formula is C6H18N4O3. The number of rotatable bonds is 5. The quantitative estimate of drug-likeness (QED) is 0.308. The van der Waals surface area contributed by atoms with E-state index in [4.69, 9.17) is 21.2 Å². The maximum Gasteiger partial charge on any atom is 0.291 e. The largest absolute Gasteiger partial charge is 0.328 e. The van der Waals surface area contributed by atoms with E-state index in [-0.39, 0.29) is 0 Å². The van der Waals surface area contributed by atoms with Crippen molar-refractivity contribution in [1.82, 2.24) is 10.3 Å². The molecule has 0 aliphatic carbocycles. The first kappa shape index (κ1) is 14.6. The average Bonchev–Trinajstić information content (AvgIpc) is 2.06. The first-order chi connectivity index (χ1) is 6.08. The van der Waals surface area contributed by atoms with Crippen molar-refractivity contribution in [3.05, 3.63) is 10.1 Å². The van der Waals surface area contributed by atoms with Crippen LogP contribution in [-0.2, 0) is 0 Å². The van der Waals surface area contributed by atoms with Gasteiger partial charge in [-0.3, -0.25) is 11.3 Å². The van der Waals surface area contributed by atoms with E-state index in [0.29, 0.717) is 0 Å². The number of nitrogens with one attached hydrogen (secondary N) is 1. The summed E-state index contributed by atoms with van der Waals surface area (Å²) in [6.07, 6.45) is 0. The Hall–Kier alpha value is -0.920. The molecule has 0 aliphatic rings. The molecule has 0 amide bonds. The molecule has 0 fully saturated rings. The van der Waals surface area contributed by atoms with Crippen LogP contribution >= 0.6 is 0 Å². The van der Waals surface area contributed by atoms with E-state index in [0.717, 1.165) is 26.2 Å². The topological polar surface area (TPSA) is 105 Å². The first-order valence-corrected chi connectivity index (χ1v) is 4.07. The third-order valence-corrected chi connectivity index (χ3v) is 1.47. The maximum absolute atomic E-state index is 8.36. The van der Waals surface area contributed by atoms with Crippen LogP contribution in [0, 0.1) is 10.1 Å². The van der Waals surface area contributed by atoms with E-state index in [2.05, 4.69) is 24.2 Å². The second-order valence-electron chi connectivity index (χ2n) is 2.22. The molecular weight excluding hydrogens is 176 g/mol. The van der Waals surface area contributed by atoms with Gasteiger partial charge >= 0.3 is 0 Å². The zero-order valence-corrected chi connectivity index (χ0v) is 8.06. The third-order valence-electron chi connectivity index (χ3n) is 1.47. The van der Waals surface area contributed by atoms with Crippen LogP contribution in [0.5, 0.6) is 0 Å². The molecule has 0 saturated heterocycles. The number of nitrogens with zero attached hydrogens (tertiary/aromatic N) is 2. The predicted octanol–water partition coefficient (Wildman–Crippen LogP) is -0.556. The van der Waals surface area contributed by atoms with Gasteiger partial charge in [-0.05, 0) is 13.1 Å². The number of likely N-dealkylation sites (N-methyl/N-ethyl adjacent to an activating group) is 1. The Balaban J connectivity index is 0. The maximum atomic E-state index is 8.36. The molecule has 0 aliphatic heterocycles. The average molecular weight is 194 g/mol. The van der Waals surface area contributed by atoms with Crippen molar-refractivity contribution in [2.75, 3.05) is 26.2 Å². The van der Waals surface area contributed by atoms with Crippen LogP contribution in [0.3, 0.4) is 0 Å². The molecule has 4 N–H and O–H groups in total. The molecule has 0 rings (SSSR count). The molecule has 0 aromatic carbocycles. The van der Waals surface area contributed by atoms with Gasteiger partial charge in [-0.2, -0.15) is 0 Å². The van der Waals surface area contributed by atoms with Crippen molar-refractivity contribution in [3.8, 4) is 0 Å². The number of hydrogen-bond donors (Lipinski definition) is 3. The molecule has 7 heteroatoms. The van der Waals surface area contributed by atoms with E-state index < -0.39 is 5.09 Å². The Labute approximate surface area is 77.6 Å². The summed E-state index contributed by atoms with van der Waals surface area (Å²) in [6, 6.07) is 0. The molecule has 13 heavy (non-hydrogen) atoms. The van der Waals surface area contributed by atoms with E-state index in [1.807, 2.05) is 0 Å². The highest BCUT2D eigenvalue weighted by molar-refractivity contribution is 4.51. The van der Waals surface area contributed by atoms with E-state index in [1.165, 1.54) is 0 Å². The molecule has 0 unspecified atom stereocenters. The minimum absolute atomic E-state index is 0.877. The number of hydrogen-bond acceptors (Lipinski definition) is 5. The van der Waals surface area contributed by atoms with Gasteiger partial charge in [0.2, 0.25) is 0 Å². The molecule has 0 heterocycles. The van der Waals surface area contributed by atoms with Crippen LogP contribution in [-0.4, -0.2) is 41.4 Å². The van der Waals surface area contributed by atoms with E-state index >= 15 is 0 Å². The van der Waals surface area contributed by atoms with Crippen molar-refractivity contribution in [2.24, 2.45) is 5.84 Å². The van der Waals surface area contributed by atoms with Crippen molar-refractivity contribution in [3.63, 3.8) is 0 Å². The van der Waals surface area contributed by atoms with Crippen molar-refractivity contribution in [1.29, 1.82) is 0 Å². The van der Waals surface area contributed by atoms with E-state index in [1.54, 1.807) is 0 Å². The van der Waals surface area contributed by atoms with Crippen molar-refractivity contribution < 1.29 is 10.3 Å². The molecule has 0 spiro atoms. The highest BCUT2D eigenvalue weighted by Crippen LogP contribution is 1.82. The Morgan fingerprint density at radius 3 is 2.15 bits per heavy atom. The molecule has 0 bridgehead atoms. The Morgan fingerprint density at radius 2 is 1.92 bits per heavy atom. The minimum Gasteiger partial charge on any atom is -0.328 e. The van der Waals surface area contributed by atoms with Gasteiger partial charge in [-0.15, -0.1) is 10.1 Å². The third kappa shape index (κ3) is 18.2. The molecule has 0 aromatic rings. The van der Waals surface area contributed by atoms with Gasteiger partial charge in [0.25, 0.3) is 5.09 Å². The lowest BCUT2D eigenvalue weighted by Gasteiger charge is -2.16. The lowest BCUT2D eigenvalue weighted by atomic mass is 10.5. The summed E-state index contributed by atoms with van der Waals surface area (Å²) in [7, 11) is 0. The van der Waals surface area contributed by atoms with E-state index in [9.17, 15) is 0 Å². The highest BCUT2D eigenvalue weighted by Gasteiger charge is 1.94. The SMILES string of the molecule is CCN(CC)CCNN.O=[N+]([O-])O. The van der Waals surface area contributed by atoms with Crippen LogP contribution in [0.25, 0.3) is 0 Å². The smallest absolute Gasteiger partial charge is 0.291 e. The van der Waals surface area contributed by atoms with Gasteiger partial charge in [0.1, 0.15) is 0 Å². The fourth-order valence-electron chi connectivity index (χ4n) is 0.762. The highest BCUT2D eigenvalue weighted by atomic mass is 16.9. The summed E-state index contributed by atoms with van der Waals surface area (Å²) in [5, 5.41) is 13.6. The molecule has 7 nitrogen and oxygen atoms in total. The van der Waals surface area contributed by atoms with Gasteiger partial charge in [-0.25, -0.2) is 0 Å². The lowest BCUT2D eigenvalue weighted by molar-refractivity contribution is -0.742. The van der Waals surface area contributed by atoms with Crippen LogP contribution < -0.4 is 11.3 Å². The molecule has 0 saturated carbocycles. The van der Waals surface area contributed by atoms with Crippen LogP contribution in [0.4, 0.5) is 0 Å². The zero-order chi connectivity index (χ0) is 10.7. The lowest BCUT2D eigenvalue weighted by Crippen LogP contribution is -2.34. The summed E-state index contributed by atoms with van der Waals surface area (Å²) in [5.41, 5.74) is 2.63. The summed E-state index contributed by atoms with van der Waals surface area (Å²) < 4.78 is 0. The molecule has 0 atom stereocenters. The van der Waals surface area contributed by atoms with Crippen molar-refractivity contribution in [2.45, 2.75) is 13.8 Å². The summed E-state index contributed by atoms with van der Waals surface area (Å²) in [4.78, 5) is 10.7. The Morgan fingerprint density at radius 1 is 1.54 bits per heavy atom. The minimum atomic E-state index is -1.50. The van der Waals surface area contributed by atoms with Gasteiger partial charge < -0.3 is 10.1 Å². The van der Waals surface area contributed by atoms with Gasteiger partial charge in [0, 0.05) is 13.1 Å². The number of nitrogens with two attached hydrogens (primary N) is 1. The van der Waals surface area contributed by atoms with Crippen LogP contribution in [0.15, 0.2) is 0 Å². The standard InChI is InChI=1S/C6H17N3.HNO3/c1-3-9(4-2)6-5-8-7;2-1(3)4/h8H,3-7H2,1-2H3;(H,2,3,4). The summed E-state index contributed by atoms with van der Waals surface area (Å²) >= 11 is 0. The molecule has 0 aromatic heterocycles. The van der Waals surface area contributed by atoms with Gasteiger partial charge in [0.15, 0.2) is 0 Å². The van der Waals surface area contributed by atoms with Gasteiger partial charge in [-0.1, -0.05) is 13.8 Å². The van der Waals surface area contributed by atoms with Crippen LogP contribution in [0.1, 0.15) is 13.8 Å². The molecule has 0 radical (unpaired) electrons. The number of hydrazine groups is 1. The second kappa shape index (κ2) is 11.1. The fraction of sp³-hybridized carbons (Fsp3) is 1.00. The van der Waals surface area contributed by atoms with Crippen molar-refractivity contribution >= 4 is 0 Å². The summed E-state index contributed by atoms with van der Waals surface area (Å²) in [6.45, 7) is 8.45. The zero-order valence-electron chi connectivity index (χ0n) is 8.06. The summed E-state index contributed by atoms with van der Waals surface area (Å²) in [5.74, 6) is 5.11. The predicted molar refractivity (Wildman–Crippen MR) is 48.8 cm³/mol. The monoisotopic (exact) mass is 194 g/mol. The fourth-order valence-corrected chi connectivity index (χ4v) is 0.762. The second-order valence-corrected chi connectivity index (χ2v) is 2.22. The normalized spacial score (nSPS) is 9.23. The molecule has 80 valence electrons. The van der Waals surface area contributed by atoms with Crippen LogP contribution in [0.2, 0.25) is 0 Å². The first-order valence-electron chi connectivity index (χ1n) is 4.07. The Bertz CT molecular complexity index is 114.